The molecule has 0 spiro atoms. The highest BCUT2D eigenvalue weighted by molar-refractivity contribution is 6.42. The Morgan fingerprint density at radius 3 is 2.20 bits per heavy atom. The smallest absolute Gasteiger partial charge is 0.261 e. The molecule has 3 rings (SSSR count). The Bertz CT molecular complexity index is 1120. The van der Waals surface area contributed by atoms with Gasteiger partial charge in [0, 0.05) is 19.5 Å². The maximum absolute atomic E-state index is 13.5. The van der Waals surface area contributed by atoms with Crippen LogP contribution in [0.25, 0.3) is 0 Å². The molecule has 1 N–H and O–H groups in total. The minimum Gasteiger partial charge on any atom is -0.484 e. The van der Waals surface area contributed by atoms with Crippen LogP contribution in [0.4, 0.5) is 0 Å². The fourth-order valence-electron chi connectivity index (χ4n) is 3.73. The second kappa shape index (κ2) is 13.2. The van der Waals surface area contributed by atoms with Crippen LogP contribution in [-0.2, 0) is 29.0 Å². The number of nitrogens with one attached hydrogen (secondary N) is 1. The molecular formula is C28H30Cl2N2O3. The summed E-state index contributed by atoms with van der Waals surface area (Å²) in [6, 6.07) is 21.7. The topological polar surface area (TPSA) is 58.6 Å². The third-order valence-electron chi connectivity index (χ3n) is 5.65. The second-order valence-electron chi connectivity index (χ2n) is 8.16. The Labute approximate surface area is 217 Å². The average molecular weight is 513 g/mol. The first-order valence-corrected chi connectivity index (χ1v) is 12.4. The number of carbonyl (C=O) groups excluding carboxylic acids is 2. The lowest BCUT2D eigenvalue weighted by atomic mass is 10.0. The van der Waals surface area contributed by atoms with Crippen LogP contribution in [-0.4, -0.2) is 35.9 Å². The number of ether oxygens (including phenoxy) is 1. The van der Waals surface area contributed by atoms with Crippen molar-refractivity contribution in [3.05, 3.63) is 99.5 Å². The summed E-state index contributed by atoms with van der Waals surface area (Å²) in [6.45, 7) is 4.37. The van der Waals surface area contributed by atoms with Crippen LogP contribution >= 0.6 is 23.2 Å². The van der Waals surface area contributed by atoms with Gasteiger partial charge in [0.1, 0.15) is 11.8 Å². The molecule has 0 bridgehead atoms. The predicted molar refractivity (Wildman–Crippen MR) is 141 cm³/mol. The third-order valence-corrected chi connectivity index (χ3v) is 6.39. The number of hydrogen-bond donors (Lipinski definition) is 1. The van der Waals surface area contributed by atoms with Crippen LogP contribution in [0.2, 0.25) is 10.0 Å². The van der Waals surface area contributed by atoms with Crippen LogP contribution in [0.3, 0.4) is 0 Å². The highest BCUT2D eigenvalue weighted by atomic mass is 35.5. The molecule has 0 saturated carbocycles. The summed E-state index contributed by atoms with van der Waals surface area (Å²) in [6.07, 6.45) is 1.29. The highest BCUT2D eigenvalue weighted by Gasteiger charge is 2.30. The number of hydrogen-bond acceptors (Lipinski definition) is 3. The standard InChI is InChI=1S/C28H30Cl2N2O3/c1-3-20-10-13-23(14-11-20)35-19-27(33)32(18-22-12-15-24(29)25(30)16-22)26(28(34)31-4-2)17-21-8-6-5-7-9-21/h5-16,26H,3-4,17-19H2,1-2H3,(H,31,34)/t26-/m1/s1. The number of benzene rings is 3. The summed E-state index contributed by atoms with van der Waals surface area (Å²) in [7, 11) is 0. The second-order valence-corrected chi connectivity index (χ2v) is 8.97. The summed E-state index contributed by atoms with van der Waals surface area (Å²) in [5, 5.41) is 3.69. The van der Waals surface area contributed by atoms with Gasteiger partial charge >= 0.3 is 0 Å². The van der Waals surface area contributed by atoms with E-state index in [1.165, 1.54) is 5.56 Å². The van der Waals surface area contributed by atoms with Gasteiger partial charge in [-0.05, 0) is 54.3 Å². The van der Waals surface area contributed by atoms with Crippen molar-refractivity contribution in [2.45, 2.75) is 39.3 Å². The zero-order chi connectivity index (χ0) is 25.2. The van der Waals surface area contributed by atoms with E-state index in [1.54, 1.807) is 23.1 Å². The van der Waals surface area contributed by atoms with Gasteiger partial charge in [0.15, 0.2) is 6.61 Å². The van der Waals surface area contributed by atoms with E-state index < -0.39 is 6.04 Å². The van der Waals surface area contributed by atoms with Crippen LogP contribution in [0, 0.1) is 0 Å². The van der Waals surface area contributed by atoms with Gasteiger partial charge in [-0.3, -0.25) is 9.59 Å². The largest absolute Gasteiger partial charge is 0.484 e. The van der Waals surface area contributed by atoms with E-state index in [4.69, 9.17) is 27.9 Å². The lowest BCUT2D eigenvalue weighted by Crippen LogP contribution is -2.51. The third kappa shape index (κ3) is 7.74. The summed E-state index contributed by atoms with van der Waals surface area (Å²) >= 11 is 12.3. The van der Waals surface area contributed by atoms with E-state index >= 15 is 0 Å². The molecule has 184 valence electrons. The Morgan fingerprint density at radius 1 is 0.886 bits per heavy atom. The Morgan fingerprint density at radius 2 is 1.57 bits per heavy atom. The zero-order valence-corrected chi connectivity index (χ0v) is 21.5. The van der Waals surface area contributed by atoms with Gasteiger partial charge in [-0.25, -0.2) is 0 Å². The fraction of sp³-hybridized carbons (Fsp3) is 0.286. The van der Waals surface area contributed by atoms with Crippen molar-refractivity contribution in [1.82, 2.24) is 10.2 Å². The molecular weight excluding hydrogens is 483 g/mol. The molecule has 0 radical (unpaired) electrons. The van der Waals surface area contributed by atoms with Crippen molar-refractivity contribution >= 4 is 35.0 Å². The lowest BCUT2D eigenvalue weighted by Gasteiger charge is -2.31. The van der Waals surface area contributed by atoms with Crippen LogP contribution in [0.5, 0.6) is 5.75 Å². The van der Waals surface area contributed by atoms with Crippen molar-refractivity contribution in [2.24, 2.45) is 0 Å². The molecule has 7 heteroatoms. The van der Waals surface area contributed by atoms with Gasteiger partial charge in [0.25, 0.3) is 5.91 Å². The summed E-state index contributed by atoms with van der Waals surface area (Å²) < 4.78 is 5.80. The molecule has 1 atom stereocenters. The van der Waals surface area contributed by atoms with E-state index in [1.807, 2.05) is 61.5 Å². The van der Waals surface area contributed by atoms with Gasteiger partial charge in [-0.2, -0.15) is 0 Å². The zero-order valence-electron chi connectivity index (χ0n) is 20.0. The van der Waals surface area contributed by atoms with Gasteiger partial charge in [-0.1, -0.05) is 78.7 Å². The van der Waals surface area contributed by atoms with E-state index in [9.17, 15) is 9.59 Å². The number of amides is 2. The molecule has 35 heavy (non-hydrogen) atoms. The highest BCUT2D eigenvalue weighted by Crippen LogP contribution is 2.24. The van der Waals surface area contributed by atoms with Crippen molar-refractivity contribution in [2.75, 3.05) is 13.2 Å². The van der Waals surface area contributed by atoms with Crippen molar-refractivity contribution in [3.63, 3.8) is 0 Å². The Balaban J connectivity index is 1.88. The first-order valence-electron chi connectivity index (χ1n) is 11.7. The molecule has 3 aromatic carbocycles. The summed E-state index contributed by atoms with van der Waals surface area (Å²) in [5.74, 6) is 0.0718. The summed E-state index contributed by atoms with van der Waals surface area (Å²) in [4.78, 5) is 28.2. The molecule has 2 amide bonds. The van der Waals surface area contributed by atoms with Crippen LogP contribution in [0.15, 0.2) is 72.8 Å². The number of nitrogens with zero attached hydrogens (tertiary/aromatic N) is 1. The molecule has 0 aliphatic rings. The first-order chi connectivity index (χ1) is 16.9. The quantitative estimate of drug-likeness (QED) is 0.357. The molecule has 0 heterocycles. The fourth-order valence-corrected chi connectivity index (χ4v) is 4.05. The minimum absolute atomic E-state index is 0.183. The summed E-state index contributed by atoms with van der Waals surface area (Å²) in [5.41, 5.74) is 2.90. The maximum atomic E-state index is 13.5. The van der Waals surface area contributed by atoms with E-state index in [0.29, 0.717) is 28.8 Å². The number of carbonyl (C=O) groups is 2. The Kier molecular flexibility index (Phi) is 10.0. The maximum Gasteiger partial charge on any atom is 0.261 e. The first kappa shape index (κ1) is 26.6. The van der Waals surface area contributed by atoms with Crippen molar-refractivity contribution < 1.29 is 14.3 Å². The van der Waals surface area contributed by atoms with Gasteiger partial charge < -0.3 is 15.0 Å². The van der Waals surface area contributed by atoms with E-state index in [0.717, 1.165) is 17.5 Å². The lowest BCUT2D eigenvalue weighted by molar-refractivity contribution is -0.142. The molecule has 3 aromatic rings. The Hall–Kier alpha value is -3.02. The predicted octanol–water partition coefficient (Wildman–Crippen LogP) is 5.71. The monoisotopic (exact) mass is 512 g/mol. The SMILES string of the molecule is CCNC(=O)[C@@H](Cc1ccccc1)N(Cc1ccc(Cl)c(Cl)c1)C(=O)COc1ccc(CC)cc1. The van der Waals surface area contributed by atoms with Crippen LogP contribution < -0.4 is 10.1 Å². The van der Waals surface area contributed by atoms with Crippen molar-refractivity contribution in [3.8, 4) is 5.75 Å². The molecule has 0 unspecified atom stereocenters. The van der Waals surface area contributed by atoms with E-state index in [2.05, 4.69) is 12.2 Å². The average Bonchev–Trinajstić information content (AvgIpc) is 2.87. The molecule has 0 aromatic heterocycles. The van der Waals surface area contributed by atoms with Gasteiger partial charge in [-0.15, -0.1) is 0 Å². The van der Waals surface area contributed by atoms with Gasteiger partial charge in [0.05, 0.1) is 10.0 Å². The number of halogens is 2. The van der Waals surface area contributed by atoms with Crippen LogP contribution in [0.1, 0.15) is 30.5 Å². The molecule has 5 nitrogen and oxygen atoms in total. The molecule has 0 saturated heterocycles. The normalized spacial score (nSPS) is 11.5. The van der Waals surface area contributed by atoms with Gasteiger partial charge in [0.2, 0.25) is 5.91 Å². The number of rotatable bonds is 11. The molecule has 0 aliphatic heterocycles. The van der Waals surface area contributed by atoms with Crippen molar-refractivity contribution in [1.29, 1.82) is 0 Å². The van der Waals surface area contributed by atoms with E-state index in [-0.39, 0.29) is 25.0 Å². The molecule has 0 aliphatic carbocycles. The molecule has 0 fully saturated rings. The number of likely N-dealkylation sites (N-methyl/N-ethyl adjacent to an activating group) is 1. The minimum atomic E-state index is -0.731. The number of aryl methyl sites for hydroxylation is 1.